The maximum absolute atomic E-state index is 6.25. The molecule has 0 unspecified atom stereocenters. The quantitative estimate of drug-likeness (QED) is 0.279. The molecule has 0 aromatic carbocycles. The molecule has 106 valence electrons. The Hall–Kier alpha value is 0.421. The van der Waals surface area contributed by atoms with Crippen LogP contribution in [0.2, 0.25) is 0 Å². The van der Waals surface area contributed by atoms with Crippen molar-refractivity contribution in [2.24, 2.45) is 0 Å². The smallest absolute Gasteiger partial charge is 0.512 e. The van der Waals surface area contributed by atoms with E-state index in [9.17, 15) is 0 Å². The third-order valence-corrected chi connectivity index (χ3v) is 0. The van der Waals surface area contributed by atoms with Gasteiger partial charge in [0.2, 0.25) is 0 Å². The predicted molar refractivity (Wildman–Crippen MR) is 29.8 cm³/mol. The Balaban J connectivity index is -0.00000000267. The first-order valence-electron chi connectivity index (χ1n) is 1.34. The molecular formula is C6Ag4FeN6. The van der Waals surface area contributed by atoms with Crippen molar-refractivity contribution in [1.82, 2.24) is 0 Å². The summed E-state index contributed by atoms with van der Waals surface area (Å²) in [7, 11) is 0. The molecule has 0 aliphatic carbocycles. The molecule has 17 heavy (non-hydrogen) atoms. The summed E-state index contributed by atoms with van der Waals surface area (Å²) in [5, 5.41) is 37.5. The molecule has 0 fully saturated rings. The van der Waals surface area contributed by atoms with Gasteiger partial charge < -0.3 is 71.0 Å². The van der Waals surface area contributed by atoms with Crippen LogP contribution in [0.5, 0.6) is 0 Å². The maximum Gasteiger partial charge on any atom is 4.00 e. The van der Waals surface area contributed by atoms with Gasteiger partial charge in [-0.05, 0) is 0 Å². The van der Waals surface area contributed by atoms with Gasteiger partial charge in [0, 0.05) is 44.8 Å². The molecule has 0 N–H and O–H groups in total. The van der Waals surface area contributed by atoms with Crippen LogP contribution in [0.15, 0.2) is 0 Å². The Bertz CT molecular complexity index is 106. The fourth-order valence-corrected chi connectivity index (χ4v) is 0. The van der Waals surface area contributed by atoms with Gasteiger partial charge in [-0.2, -0.15) is 0 Å². The minimum Gasteiger partial charge on any atom is -0.512 e. The first-order chi connectivity index (χ1) is 6.00. The third-order valence-electron chi connectivity index (χ3n) is 0. The van der Waals surface area contributed by atoms with Crippen LogP contribution in [0, 0.1) is 71.0 Å². The summed E-state index contributed by atoms with van der Waals surface area (Å²) in [6.45, 7) is 28.5. The van der Waals surface area contributed by atoms with Gasteiger partial charge in [-0.1, -0.05) is 0 Å². The summed E-state index contributed by atoms with van der Waals surface area (Å²) in [4.78, 5) is 0. The van der Waals surface area contributed by atoms with Crippen molar-refractivity contribution in [3.05, 3.63) is 39.4 Å². The average Bonchev–Trinajstić information content (AvgIpc) is 2.33. The first-order valence-corrected chi connectivity index (χ1v) is 1.34. The second-order valence-corrected chi connectivity index (χ2v) is 0. The van der Waals surface area contributed by atoms with Gasteiger partial charge in [0.15, 0.2) is 0 Å². The molecule has 0 atom stereocenters. The molecule has 0 saturated carbocycles. The van der Waals surface area contributed by atoms with E-state index in [1.807, 2.05) is 0 Å². The van der Waals surface area contributed by atoms with Crippen molar-refractivity contribution >= 4 is 0 Å². The van der Waals surface area contributed by atoms with Gasteiger partial charge in [0.05, 0.1) is 0 Å². The Kier molecular flexibility index (Phi) is 148000. The average molecular weight is 643 g/mol. The van der Waals surface area contributed by atoms with Crippen molar-refractivity contribution in [3.8, 4) is 0 Å². The zero-order valence-corrected chi connectivity index (χ0v) is 14.3. The molecule has 0 aliphatic rings. The molecule has 0 aromatic heterocycles. The Morgan fingerprint density at radius 1 is 0.353 bits per heavy atom. The van der Waals surface area contributed by atoms with Gasteiger partial charge in [0.25, 0.3) is 0 Å². The summed E-state index contributed by atoms with van der Waals surface area (Å²) >= 11 is 0. The van der Waals surface area contributed by atoms with Crippen LogP contribution in [0.4, 0.5) is 0 Å². The van der Waals surface area contributed by atoms with E-state index >= 15 is 0 Å². The molecule has 0 bridgehead atoms. The maximum atomic E-state index is 6.25. The van der Waals surface area contributed by atoms with Crippen molar-refractivity contribution in [1.29, 1.82) is 31.6 Å². The van der Waals surface area contributed by atoms with E-state index in [2.05, 4.69) is 0 Å². The Morgan fingerprint density at radius 2 is 0.353 bits per heavy atom. The number of hydrogen-bond donors (Lipinski definition) is 0. The largest absolute Gasteiger partial charge is 4.00 e. The normalized spacial score (nSPS) is 0.706. The van der Waals surface area contributed by atoms with Gasteiger partial charge >= 0.3 is 61.8 Å². The van der Waals surface area contributed by atoms with Gasteiger partial charge in [-0.15, -0.1) is 0 Å². The van der Waals surface area contributed by atoms with Crippen LogP contribution in [-0.4, -0.2) is 0 Å². The SMILES string of the molecule is [Ag+].[Ag+].[Ag].[Ag].[C-]#N.[C-]#N.[C-]#N.[C-]#N.[C-]#N.[C-]#N.[Fe+4]. The molecule has 0 saturated heterocycles. The molecule has 6 nitrogen and oxygen atoms in total. The van der Waals surface area contributed by atoms with E-state index in [-0.39, 0.29) is 107 Å². The zero-order chi connectivity index (χ0) is 12.0. The van der Waals surface area contributed by atoms with E-state index in [1.54, 1.807) is 0 Å². The van der Waals surface area contributed by atoms with Crippen LogP contribution in [-0.2, 0) is 107 Å². The number of hydrogen-bond acceptors (Lipinski definition) is 6. The number of nitrogens with zero attached hydrogens (tertiary/aromatic N) is 6. The second-order valence-electron chi connectivity index (χ2n) is 0. The first kappa shape index (κ1) is 114. The van der Waals surface area contributed by atoms with Gasteiger partial charge in [0.1, 0.15) is 0 Å². The zero-order valence-electron chi connectivity index (χ0n) is 7.24. The summed E-state index contributed by atoms with van der Waals surface area (Å²) in [6, 6.07) is 0. The molecule has 11 heteroatoms. The van der Waals surface area contributed by atoms with Gasteiger partial charge in [-0.3, -0.25) is 0 Å². The fraction of sp³-hybridized carbons (Fsp3) is 0. The van der Waals surface area contributed by atoms with Crippen LogP contribution < -0.4 is 0 Å². The third kappa shape index (κ3) is 19300. The van der Waals surface area contributed by atoms with E-state index in [0.29, 0.717) is 0 Å². The van der Waals surface area contributed by atoms with Crippen LogP contribution in [0.25, 0.3) is 0 Å². The molecule has 0 aromatic rings. The second kappa shape index (κ2) is 22100. The fourth-order valence-electron chi connectivity index (χ4n) is 0. The van der Waals surface area contributed by atoms with Crippen molar-refractivity contribution < 1.29 is 107 Å². The summed E-state index contributed by atoms with van der Waals surface area (Å²) in [5.74, 6) is 0. The topological polar surface area (TPSA) is 143 Å². The summed E-state index contributed by atoms with van der Waals surface area (Å²) < 4.78 is 0. The van der Waals surface area contributed by atoms with E-state index < -0.39 is 0 Å². The molecule has 0 aliphatic heterocycles. The molecule has 0 spiro atoms. The summed E-state index contributed by atoms with van der Waals surface area (Å²) in [5.41, 5.74) is 0. The summed E-state index contributed by atoms with van der Waals surface area (Å²) in [6.07, 6.45) is 0. The molecular weight excluding hydrogens is 643 g/mol. The van der Waals surface area contributed by atoms with Gasteiger partial charge in [-0.25, -0.2) is 0 Å². The van der Waals surface area contributed by atoms with Crippen molar-refractivity contribution in [3.63, 3.8) is 0 Å². The van der Waals surface area contributed by atoms with Crippen LogP contribution in [0.1, 0.15) is 0 Å². The van der Waals surface area contributed by atoms with Crippen molar-refractivity contribution in [2.75, 3.05) is 0 Å². The predicted octanol–water partition coefficient (Wildman–Crippen LogP) is 0.566. The van der Waals surface area contributed by atoms with E-state index in [0.717, 1.165) is 0 Å². The number of rotatable bonds is 0. The molecule has 0 heterocycles. The minimum atomic E-state index is 0. The molecule has 0 amide bonds. The van der Waals surface area contributed by atoms with Crippen LogP contribution >= 0.6 is 0 Å². The molecule has 0 rings (SSSR count). The Labute approximate surface area is 175 Å². The van der Waals surface area contributed by atoms with E-state index in [4.69, 9.17) is 71.0 Å². The van der Waals surface area contributed by atoms with E-state index in [1.165, 1.54) is 0 Å². The van der Waals surface area contributed by atoms with Crippen LogP contribution in [0.3, 0.4) is 0 Å². The Morgan fingerprint density at radius 3 is 0.353 bits per heavy atom. The minimum absolute atomic E-state index is 0. The standard InChI is InChI=1S/6CN.4Ag.Fe/c6*1-2;;;;;/q6*-1;;;2*+1;+4. The molecule has 2 radical (unpaired) electrons. The van der Waals surface area contributed by atoms with Crippen molar-refractivity contribution in [2.45, 2.75) is 0 Å². The monoisotopic (exact) mass is 640 g/mol.